The van der Waals surface area contributed by atoms with Gasteiger partial charge >= 0.3 is 5.97 Å². The predicted octanol–water partition coefficient (Wildman–Crippen LogP) is 2.44. The van der Waals surface area contributed by atoms with Gasteiger partial charge in [0.05, 0.1) is 0 Å². The molecule has 102 valence electrons. The van der Waals surface area contributed by atoms with E-state index in [1.54, 1.807) is 6.08 Å². The number of hydrogen-bond acceptors (Lipinski definition) is 2. The lowest BCUT2D eigenvalue weighted by Gasteiger charge is -2.28. The molecule has 0 aromatic carbocycles. The van der Waals surface area contributed by atoms with Crippen LogP contribution >= 0.6 is 0 Å². The highest BCUT2D eigenvalue weighted by atomic mass is 16.4. The molecule has 1 saturated carbocycles. The van der Waals surface area contributed by atoms with Crippen molar-refractivity contribution < 1.29 is 14.7 Å². The topological polar surface area (TPSA) is 57.6 Å². The van der Waals surface area contributed by atoms with Crippen LogP contribution in [0.25, 0.3) is 0 Å². The van der Waals surface area contributed by atoms with Gasteiger partial charge in [-0.25, -0.2) is 0 Å². The molecule has 1 rings (SSSR count). The Morgan fingerprint density at radius 2 is 2.00 bits per heavy atom. The molecular formula is C14H23NO3. The van der Waals surface area contributed by atoms with Crippen LogP contribution in [0.2, 0.25) is 0 Å². The summed E-state index contributed by atoms with van der Waals surface area (Å²) in [4.78, 5) is 24.7. The summed E-state index contributed by atoms with van der Waals surface area (Å²) in [5.74, 6) is -0.884. The number of carboxylic acid groups (broad SMARTS) is 1. The fourth-order valence-electron chi connectivity index (χ4n) is 2.60. The monoisotopic (exact) mass is 253 g/mol. The number of amides is 1. The number of rotatable bonds is 7. The number of carbonyl (C=O) groups is 2. The average molecular weight is 253 g/mol. The van der Waals surface area contributed by atoms with Crippen molar-refractivity contribution in [3.63, 3.8) is 0 Å². The number of nitrogens with zero attached hydrogens (tertiary/aromatic N) is 1. The van der Waals surface area contributed by atoms with Crippen LogP contribution in [0.4, 0.5) is 0 Å². The molecule has 0 aliphatic heterocycles. The Labute approximate surface area is 109 Å². The molecule has 1 amide bonds. The summed E-state index contributed by atoms with van der Waals surface area (Å²) in [6.07, 6.45) is 6.60. The maximum absolute atomic E-state index is 12.2. The minimum absolute atomic E-state index is 0.0539. The molecule has 18 heavy (non-hydrogen) atoms. The summed E-state index contributed by atoms with van der Waals surface area (Å²) in [6, 6.07) is 0.326. The molecule has 1 unspecified atom stereocenters. The summed E-state index contributed by atoms with van der Waals surface area (Å²) < 4.78 is 0. The van der Waals surface area contributed by atoms with E-state index in [-0.39, 0.29) is 18.2 Å². The van der Waals surface area contributed by atoms with Crippen LogP contribution in [0.15, 0.2) is 12.7 Å². The number of carbonyl (C=O) groups excluding carboxylic acids is 1. The second kappa shape index (κ2) is 7.19. The third kappa shape index (κ3) is 4.51. The van der Waals surface area contributed by atoms with Crippen LogP contribution in [-0.4, -0.2) is 34.5 Å². The Morgan fingerprint density at radius 1 is 1.39 bits per heavy atom. The van der Waals surface area contributed by atoms with Gasteiger partial charge in [-0.2, -0.15) is 0 Å². The molecule has 0 saturated heterocycles. The first-order valence-electron chi connectivity index (χ1n) is 6.66. The summed E-state index contributed by atoms with van der Waals surface area (Å²) in [5.41, 5.74) is 0. The molecule has 0 radical (unpaired) electrons. The Morgan fingerprint density at radius 3 is 2.50 bits per heavy atom. The van der Waals surface area contributed by atoms with Crippen molar-refractivity contribution in [2.45, 2.75) is 51.5 Å². The van der Waals surface area contributed by atoms with E-state index in [4.69, 9.17) is 5.11 Å². The zero-order valence-corrected chi connectivity index (χ0v) is 11.1. The van der Waals surface area contributed by atoms with Gasteiger partial charge in [-0.1, -0.05) is 25.8 Å². The number of aliphatic carboxylic acids is 1. The van der Waals surface area contributed by atoms with E-state index in [1.165, 1.54) is 12.8 Å². The normalized spacial score (nSPS) is 17.4. The second-order valence-electron chi connectivity index (χ2n) is 5.18. The molecular weight excluding hydrogens is 230 g/mol. The quantitative estimate of drug-likeness (QED) is 0.709. The van der Waals surface area contributed by atoms with Crippen molar-refractivity contribution in [2.75, 3.05) is 6.54 Å². The van der Waals surface area contributed by atoms with Crippen molar-refractivity contribution in [1.29, 1.82) is 0 Å². The first-order valence-corrected chi connectivity index (χ1v) is 6.66. The van der Waals surface area contributed by atoms with Gasteiger partial charge in [0, 0.05) is 25.4 Å². The van der Waals surface area contributed by atoms with Crippen LogP contribution < -0.4 is 0 Å². The van der Waals surface area contributed by atoms with E-state index >= 15 is 0 Å². The molecule has 4 heteroatoms. The summed E-state index contributed by atoms with van der Waals surface area (Å²) >= 11 is 0. The lowest BCUT2D eigenvalue weighted by molar-refractivity contribution is -0.138. The summed E-state index contributed by atoms with van der Waals surface area (Å²) in [7, 11) is 0. The van der Waals surface area contributed by atoms with Crippen molar-refractivity contribution in [1.82, 2.24) is 4.90 Å². The molecule has 0 bridgehead atoms. The van der Waals surface area contributed by atoms with Crippen molar-refractivity contribution in [2.24, 2.45) is 5.92 Å². The molecule has 1 atom stereocenters. The van der Waals surface area contributed by atoms with Crippen LogP contribution in [0.3, 0.4) is 0 Å². The maximum Gasteiger partial charge on any atom is 0.303 e. The van der Waals surface area contributed by atoms with Gasteiger partial charge in [0.1, 0.15) is 0 Å². The van der Waals surface area contributed by atoms with Crippen LogP contribution in [0, 0.1) is 5.92 Å². The van der Waals surface area contributed by atoms with Crippen LogP contribution in [-0.2, 0) is 9.59 Å². The number of carboxylic acids is 1. The van der Waals surface area contributed by atoms with E-state index < -0.39 is 5.97 Å². The zero-order chi connectivity index (χ0) is 13.5. The standard InChI is InChI=1S/C14H23NO3/c1-3-8-15(12-6-4-5-7-12)13(16)9-11(2)10-14(17)18/h3,11-12H,1,4-10H2,2H3,(H,17,18). The molecule has 1 N–H and O–H groups in total. The van der Waals surface area contributed by atoms with Gasteiger partial charge in [0.15, 0.2) is 0 Å². The Balaban J connectivity index is 2.53. The Bertz CT molecular complexity index is 308. The summed E-state index contributed by atoms with van der Waals surface area (Å²) in [5, 5.41) is 8.71. The van der Waals surface area contributed by atoms with E-state index in [0.717, 1.165) is 12.8 Å². The van der Waals surface area contributed by atoms with Gasteiger partial charge in [-0.3, -0.25) is 9.59 Å². The fourth-order valence-corrected chi connectivity index (χ4v) is 2.60. The minimum Gasteiger partial charge on any atom is -0.481 e. The third-order valence-electron chi connectivity index (χ3n) is 3.46. The molecule has 4 nitrogen and oxygen atoms in total. The van der Waals surface area contributed by atoms with E-state index in [2.05, 4.69) is 6.58 Å². The van der Waals surface area contributed by atoms with E-state index in [1.807, 2.05) is 11.8 Å². The van der Waals surface area contributed by atoms with E-state index in [0.29, 0.717) is 19.0 Å². The molecule has 0 spiro atoms. The largest absolute Gasteiger partial charge is 0.481 e. The zero-order valence-electron chi connectivity index (χ0n) is 11.1. The van der Waals surface area contributed by atoms with Gasteiger partial charge in [0.25, 0.3) is 0 Å². The third-order valence-corrected chi connectivity index (χ3v) is 3.46. The van der Waals surface area contributed by atoms with Crippen LogP contribution in [0.1, 0.15) is 45.4 Å². The molecule has 0 heterocycles. The minimum atomic E-state index is -0.841. The summed E-state index contributed by atoms with van der Waals surface area (Å²) in [6.45, 7) is 6.08. The number of hydrogen-bond donors (Lipinski definition) is 1. The highest BCUT2D eigenvalue weighted by Gasteiger charge is 2.26. The maximum atomic E-state index is 12.2. The van der Waals surface area contributed by atoms with Gasteiger partial charge < -0.3 is 10.0 Å². The molecule has 0 aromatic rings. The van der Waals surface area contributed by atoms with E-state index in [9.17, 15) is 9.59 Å². The van der Waals surface area contributed by atoms with Crippen molar-refractivity contribution in [3.8, 4) is 0 Å². The average Bonchev–Trinajstić information content (AvgIpc) is 2.77. The SMILES string of the molecule is C=CCN(C(=O)CC(C)CC(=O)O)C1CCCC1. The molecule has 1 fully saturated rings. The Hall–Kier alpha value is -1.32. The first kappa shape index (κ1) is 14.7. The lowest BCUT2D eigenvalue weighted by Crippen LogP contribution is -2.39. The van der Waals surface area contributed by atoms with Crippen molar-refractivity contribution in [3.05, 3.63) is 12.7 Å². The van der Waals surface area contributed by atoms with Crippen molar-refractivity contribution >= 4 is 11.9 Å². The fraction of sp³-hybridized carbons (Fsp3) is 0.714. The second-order valence-corrected chi connectivity index (χ2v) is 5.18. The highest BCUT2D eigenvalue weighted by molar-refractivity contribution is 5.78. The molecule has 1 aliphatic carbocycles. The highest BCUT2D eigenvalue weighted by Crippen LogP contribution is 2.24. The lowest BCUT2D eigenvalue weighted by atomic mass is 10.0. The molecule has 1 aliphatic rings. The van der Waals surface area contributed by atoms with Gasteiger partial charge in [-0.15, -0.1) is 6.58 Å². The smallest absolute Gasteiger partial charge is 0.303 e. The predicted molar refractivity (Wildman–Crippen MR) is 70.2 cm³/mol. The first-order chi connectivity index (χ1) is 8.54. The van der Waals surface area contributed by atoms with Crippen LogP contribution in [0.5, 0.6) is 0 Å². The van der Waals surface area contributed by atoms with Gasteiger partial charge in [-0.05, 0) is 18.8 Å². The Kier molecular flexibility index (Phi) is 5.89. The van der Waals surface area contributed by atoms with Gasteiger partial charge in [0.2, 0.25) is 5.91 Å². The molecule has 0 aromatic heterocycles.